The monoisotopic (exact) mass is 179 g/mol. The molecule has 0 heterocycles. The Balaban J connectivity index is 2.14. The summed E-state index contributed by atoms with van der Waals surface area (Å²) in [5.74, 6) is 0.640. The Morgan fingerprint density at radius 2 is 1.92 bits per heavy atom. The number of nitrogens with two attached hydrogens (primary N) is 1. The van der Waals surface area contributed by atoms with Gasteiger partial charge in [-0.25, -0.2) is 0 Å². The molecule has 2 rings (SSSR count). The summed E-state index contributed by atoms with van der Waals surface area (Å²) in [7, 11) is 0. The lowest BCUT2D eigenvalue weighted by atomic mass is 10.1. The highest BCUT2D eigenvalue weighted by atomic mass is 32.2. The molecule has 1 aromatic rings. The molecular formula is C10H13NS. The van der Waals surface area contributed by atoms with Crippen LogP contribution in [-0.2, 0) is 0 Å². The van der Waals surface area contributed by atoms with Gasteiger partial charge >= 0.3 is 0 Å². The molecule has 0 aliphatic heterocycles. The lowest BCUT2D eigenvalue weighted by molar-refractivity contribution is 0.988. The van der Waals surface area contributed by atoms with Crippen LogP contribution in [0.1, 0.15) is 17.9 Å². The van der Waals surface area contributed by atoms with Crippen molar-refractivity contribution in [1.29, 1.82) is 0 Å². The first-order chi connectivity index (χ1) is 5.81. The second-order valence-electron chi connectivity index (χ2n) is 3.28. The predicted octanol–water partition coefficient (Wildman–Crippen LogP) is 2.22. The second-order valence-corrected chi connectivity index (χ2v) is 4.16. The van der Waals surface area contributed by atoms with E-state index >= 15 is 0 Å². The summed E-state index contributed by atoms with van der Waals surface area (Å²) in [5, 5.41) is 0. The first-order valence-corrected chi connectivity index (χ1v) is 5.43. The van der Waals surface area contributed by atoms with Gasteiger partial charge in [0.2, 0.25) is 0 Å². The Morgan fingerprint density at radius 3 is 2.33 bits per heavy atom. The highest BCUT2D eigenvalue weighted by Crippen LogP contribution is 2.39. The van der Waals surface area contributed by atoms with Gasteiger partial charge in [0.25, 0.3) is 0 Å². The van der Waals surface area contributed by atoms with Crippen LogP contribution in [0.15, 0.2) is 29.2 Å². The van der Waals surface area contributed by atoms with Crippen molar-refractivity contribution in [2.75, 3.05) is 6.26 Å². The third-order valence-electron chi connectivity index (χ3n) is 2.38. The van der Waals surface area contributed by atoms with Crippen LogP contribution in [0.5, 0.6) is 0 Å². The molecule has 1 aliphatic carbocycles. The Hall–Kier alpha value is -0.470. The average Bonchev–Trinajstić information content (AvgIpc) is 2.83. The lowest BCUT2D eigenvalue weighted by Crippen LogP contribution is -2.00. The molecule has 2 heteroatoms. The maximum atomic E-state index is 5.76. The fraction of sp³-hybridized carbons (Fsp3) is 0.400. The van der Waals surface area contributed by atoms with Crippen LogP contribution in [0.3, 0.4) is 0 Å². The maximum Gasteiger partial charge on any atom is 0.0115 e. The van der Waals surface area contributed by atoms with Crippen molar-refractivity contribution >= 4 is 11.8 Å². The van der Waals surface area contributed by atoms with Gasteiger partial charge in [0.1, 0.15) is 0 Å². The van der Waals surface area contributed by atoms with E-state index in [1.165, 1.54) is 16.9 Å². The van der Waals surface area contributed by atoms with E-state index in [0.29, 0.717) is 12.0 Å². The van der Waals surface area contributed by atoms with Gasteiger partial charge in [-0.2, -0.15) is 0 Å². The molecule has 2 atom stereocenters. The summed E-state index contributed by atoms with van der Waals surface area (Å²) in [6, 6.07) is 9.16. The first-order valence-electron chi connectivity index (χ1n) is 4.21. The number of thioether (sulfide) groups is 1. The van der Waals surface area contributed by atoms with E-state index in [9.17, 15) is 0 Å². The molecule has 1 nitrogen and oxygen atoms in total. The molecule has 1 fully saturated rings. The summed E-state index contributed by atoms with van der Waals surface area (Å²) in [5.41, 5.74) is 7.17. The molecular weight excluding hydrogens is 166 g/mol. The minimum absolute atomic E-state index is 0.421. The van der Waals surface area contributed by atoms with Crippen LogP contribution in [0, 0.1) is 0 Å². The lowest BCUT2D eigenvalue weighted by Gasteiger charge is -1.99. The Kier molecular flexibility index (Phi) is 2.11. The molecule has 2 unspecified atom stereocenters. The zero-order valence-corrected chi connectivity index (χ0v) is 7.97. The number of rotatable bonds is 2. The molecule has 0 bridgehead atoms. The van der Waals surface area contributed by atoms with E-state index in [1.807, 2.05) is 0 Å². The zero-order valence-electron chi connectivity index (χ0n) is 7.16. The maximum absolute atomic E-state index is 5.76. The van der Waals surface area contributed by atoms with E-state index in [4.69, 9.17) is 5.73 Å². The minimum Gasteiger partial charge on any atom is -0.327 e. The molecule has 12 heavy (non-hydrogen) atoms. The van der Waals surface area contributed by atoms with Gasteiger partial charge in [-0.1, -0.05) is 12.1 Å². The van der Waals surface area contributed by atoms with Gasteiger partial charge < -0.3 is 5.73 Å². The quantitative estimate of drug-likeness (QED) is 0.704. The van der Waals surface area contributed by atoms with Gasteiger partial charge in [-0.05, 0) is 30.4 Å². The van der Waals surface area contributed by atoms with Gasteiger partial charge in [0, 0.05) is 16.9 Å². The summed E-state index contributed by atoms with van der Waals surface area (Å²) in [6.07, 6.45) is 3.26. The fourth-order valence-corrected chi connectivity index (χ4v) is 1.86. The number of hydrogen-bond acceptors (Lipinski definition) is 2. The van der Waals surface area contributed by atoms with Gasteiger partial charge in [0.15, 0.2) is 0 Å². The summed E-state index contributed by atoms with van der Waals surface area (Å²) in [6.45, 7) is 0. The third-order valence-corrected chi connectivity index (χ3v) is 3.13. The SMILES string of the molecule is CSc1ccc(C2CC2N)cc1. The predicted molar refractivity (Wildman–Crippen MR) is 53.6 cm³/mol. The van der Waals surface area contributed by atoms with Gasteiger partial charge in [-0.15, -0.1) is 11.8 Å². The Bertz CT molecular complexity index is 268. The first kappa shape index (κ1) is 8.14. The standard InChI is InChI=1S/C10H13NS/c1-12-8-4-2-7(3-5-8)9-6-10(9)11/h2-5,9-10H,6,11H2,1H3. The molecule has 0 saturated heterocycles. The smallest absolute Gasteiger partial charge is 0.0115 e. The molecule has 1 saturated carbocycles. The topological polar surface area (TPSA) is 26.0 Å². The second kappa shape index (κ2) is 3.11. The molecule has 64 valence electrons. The van der Waals surface area contributed by atoms with Crippen molar-refractivity contribution in [3.63, 3.8) is 0 Å². The highest BCUT2D eigenvalue weighted by molar-refractivity contribution is 7.98. The molecule has 2 N–H and O–H groups in total. The third kappa shape index (κ3) is 1.50. The number of hydrogen-bond donors (Lipinski definition) is 1. The van der Waals surface area contributed by atoms with Gasteiger partial charge in [0.05, 0.1) is 0 Å². The molecule has 0 aromatic heterocycles. The van der Waals surface area contributed by atoms with Crippen molar-refractivity contribution in [3.8, 4) is 0 Å². The Morgan fingerprint density at radius 1 is 1.33 bits per heavy atom. The van der Waals surface area contributed by atoms with E-state index < -0.39 is 0 Å². The van der Waals surface area contributed by atoms with Crippen molar-refractivity contribution < 1.29 is 0 Å². The van der Waals surface area contributed by atoms with E-state index in [0.717, 1.165) is 0 Å². The molecule has 1 aromatic carbocycles. The van der Waals surface area contributed by atoms with Crippen LogP contribution in [0.2, 0.25) is 0 Å². The molecule has 1 aliphatic rings. The van der Waals surface area contributed by atoms with E-state index in [-0.39, 0.29) is 0 Å². The Labute approximate surface area is 77.3 Å². The van der Waals surface area contributed by atoms with Crippen molar-refractivity contribution in [3.05, 3.63) is 29.8 Å². The zero-order chi connectivity index (χ0) is 8.55. The van der Waals surface area contributed by atoms with Crippen molar-refractivity contribution in [1.82, 2.24) is 0 Å². The summed E-state index contributed by atoms with van der Waals surface area (Å²) < 4.78 is 0. The fourth-order valence-electron chi connectivity index (χ4n) is 1.45. The van der Waals surface area contributed by atoms with Crippen LogP contribution in [0.25, 0.3) is 0 Å². The van der Waals surface area contributed by atoms with E-state index in [1.54, 1.807) is 11.8 Å². The minimum atomic E-state index is 0.421. The summed E-state index contributed by atoms with van der Waals surface area (Å²) >= 11 is 1.78. The van der Waals surface area contributed by atoms with Crippen LogP contribution in [0.4, 0.5) is 0 Å². The largest absolute Gasteiger partial charge is 0.327 e. The molecule has 0 radical (unpaired) electrons. The van der Waals surface area contributed by atoms with Gasteiger partial charge in [-0.3, -0.25) is 0 Å². The summed E-state index contributed by atoms with van der Waals surface area (Å²) in [4.78, 5) is 1.33. The van der Waals surface area contributed by atoms with E-state index in [2.05, 4.69) is 30.5 Å². The van der Waals surface area contributed by atoms with Crippen LogP contribution < -0.4 is 5.73 Å². The average molecular weight is 179 g/mol. The molecule has 0 spiro atoms. The van der Waals surface area contributed by atoms with Crippen molar-refractivity contribution in [2.45, 2.75) is 23.3 Å². The van der Waals surface area contributed by atoms with Crippen LogP contribution in [-0.4, -0.2) is 12.3 Å². The normalized spacial score (nSPS) is 27.2. The highest BCUT2D eigenvalue weighted by Gasteiger charge is 2.34. The molecule has 0 amide bonds. The number of benzene rings is 1. The van der Waals surface area contributed by atoms with Crippen LogP contribution >= 0.6 is 11.8 Å². The van der Waals surface area contributed by atoms with Crippen molar-refractivity contribution in [2.24, 2.45) is 5.73 Å².